The van der Waals surface area contributed by atoms with E-state index in [4.69, 9.17) is 4.74 Å². The highest BCUT2D eigenvalue weighted by Crippen LogP contribution is 2.27. The van der Waals surface area contributed by atoms with Gasteiger partial charge in [0.05, 0.1) is 11.1 Å². The van der Waals surface area contributed by atoms with Crippen LogP contribution in [0.4, 0.5) is 8.78 Å². The van der Waals surface area contributed by atoms with Crippen LogP contribution in [0.25, 0.3) is 0 Å². The zero-order valence-corrected chi connectivity index (χ0v) is 13.2. The molecule has 2 nitrogen and oxygen atoms in total. The number of hydrogen-bond donors (Lipinski definition) is 1. The van der Waals surface area contributed by atoms with Gasteiger partial charge in [0.15, 0.2) is 0 Å². The third-order valence-corrected chi connectivity index (χ3v) is 4.35. The van der Waals surface area contributed by atoms with Crippen molar-refractivity contribution in [2.75, 3.05) is 19.8 Å². The van der Waals surface area contributed by atoms with E-state index in [9.17, 15) is 8.78 Å². The summed E-state index contributed by atoms with van der Waals surface area (Å²) in [5.74, 6) is -0.871. The first-order chi connectivity index (χ1) is 9.63. The van der Waals surface area contributed by atoms with Gasteiger partial charge >= 0.3 is 0 Å². The van der Waals surface area contributed by atoms with Gasteiger partial charge in [0, 0.05) is 24.1 Å². The Balaban J connectivity index is 2.12. The summed E-state index contributed by atoms with van der Waals surface area (Å²) in [4.78, 5) is 0. The minimum Gasteiger partial charge on any atom is -0.381 e. The first kappa shape index (κ1) is 15.9. The molecule has 0 bridgehead atoms. The van der Waals surface area contributed by atoms with E-state index in [1.54, 1.807) is 0 Å². The van der Waals surface area contributed by atoms with Gasteiger partial charge in [-0.25, -0.2) is 8.78 Å². The molecule has 0 aromatic heterocycles. The second kappa shape index (κ2) is 7.48. The van der Waals surface area contributed by atoms with E-state index >= 15 is 0 Å². The number of hydrogen-bond acceptors (Lipinski definition) is 2. The molecule has 0 amide bonds. The lowest BCUT2D eigenvalue weighted by molar-refractivity contribution is 0.0317. The summed E-state index contributed by atoms with van der Waals surface area (Å²) in [6.45, 7) is 4.29. The van der Waals surface area contributed by atoms with Gasteiger partial charge in [0.2, 0.25) is 0 Å². The molecule has 1 fully saturated rings. The van der Waals surface area contributed by atoms with Crippen molar-refractivity contribution in [1.82, 2.24) is 5.32 Å². The molecule has 1 heterocycles. The lowest BCUT2D eigenvalue weighted by Gasteiger charge is -2.32. The SMILES string of the molecule is CCCNC1CCOCC1Cc1c(F)ccc(Br)c1F. The largest absolute Gasteiger partial charge is 0.381 e. The van der Waals surface area contributed by atoms with E-state index in [1.165, 1.54) is 12.1 Å². The number of halogens is 3. The van der Waals surface area contributed by atoms with E-state index in [1.807, 2.05) is 0 Å². The molecule has 112 valence electrons. The Morgan fingerprint density at radius 3 is 2.95 bits per heavy atom. The van der Waals surface area contributed by atoms with Crippen LogP contribution in [0.15, 0.2) is 16.6 Å². The highest BCUT2D eigenvalue weighted by molar-refractivity contribution is 9.10. The number of ether oxygens (including phenoxy) is 1. The highest BCUT2D eigenvalue weighted by atomic mass is 79.9. The summed E-state index contributed by atoms with van der Waals surface area (Å²) >= 11 is 3.11. The molecule has 20 heavy (non-hydrogen) atoms. The van der Waals surface area contributed by atoms with E-state index in [0.717, 1.165) is 19.4 Å². The minimum absolute atomic E-state index is 0.105. The molecule has 1 aliphatic heterocycles. The van der Waals surface area contributed by atoms with Gasteiger partial charge in [-0.3, -0.25) is 0 Å². The maximum Gasteiger partial charge on any atom is 0.143 e. The Morgan fingerprint density at radius 1 is 1.40 bits per heavy atom. The molecule has 2 atom stereocenters. The summed E-state index contributed by atoms with van der Waals surface area (Å²) in [5, 5.41) is 3.46. The molecule has 0 radical (unpaired) electrons. The third kappa shape index (κ3) is 3.77. The van der Waals surface area contributed by atoms with E-state index < -0.39 is 11.6 Å². The van der Waals surface area contributed by atoms with Crippen LogP contribution in [0.5, 0.6) is 0 Å². The van der Waals surface area contributed by atoms with Crippen molar-refractivity contribution in [3.63, 3.8) is 0 Å². The third-order valence-electron chi connectivity index (χ3n) is 3.74. The highest BCUT2D eigenvalue weighted by Gasteiger charge is 2.27. The molecule has 2 unspecified atom stereocenters. The average molecular weight is 348 g/mol. The average Bonchev–Trinajstić information content (AvgIpc) is 2.46. The van der Waals surface area contributed by atoms with Crippen LogP contribution in [-0.2, 0) is 11.2 Å². The Bertz CT molecular complexity index is 456. The van der Waals surface area contributed by atoms with Gasteiger partial charge in [-0.05, 0) is 53.9 Å². The van der Waals surface area contributed by atoms with Crippen LogP contribution in [0.3, 0.4) is 0 Å². The van der Waals surface area contributed by atoms with Gasteiger partial charge in [-0.15, -0.1) is 0 Å². The fraction of sp³-hybridized carbons (Fsp3) is 0.600. The lowest BCUT2D eigenvalue weighted by atomic mass is 9.89. The summed E-state index contributed by atoms with van der Waals surface area (Å²) in [5.41, 5.74) is 0.151. The van der Waals surface area contributed by atoms with Crippen molar-refractivity contribution >= 4 is 15.9 Å². The van der Waals surface area contributed by atoms with Crippen molar-refractivity contribution in [3.05, 3.63) is 33.8 Å². The van der Waals surface area contributed by atoms with Crippen molar-refractivity contribution in [3.8, 4) is 0 Å². The quantitative estimate of drug-likeness (QED) is 0.820. The van der Waals surface area contributed by atoms with Crippen molar-refractivity contribution < 1.29 is 13.5 Å². The zero-order valence-electron chi connectivity index (χ0n) is 11.6. The maximum atomic E-state index is 14.0. The monoisotopic (exact) mass is 347 g/mol. The van der Waals surface area contributed by atoms with Crippen molar-refractivity contribution in [2.24, 2.45) is 5.92 Å². The molecular weight excluding hydrogens is 328 g/mol. The number of rotatable bonds is 5. The summed E-state index contributed by atoms with van der Waals surface area (Å²) < 4.78 is 33.7. The minimum atomic E-state index is -0.496. The molecule has 0 spiro atoms. The Labute approximate surface area is 127 Å². The second-order valence-electron chi connectivity index (χ2n) is 5.21. The summed E-state index contributed by atoms with van der Waals surface area (Å²) in [7, 11) is 0. The van der Waals surface area contributed by atoms with Crippen LogP contribution in [-0.4, -0.2) is 25.8 Å². The molecule has 1 N–H and O–H groups in total. The zero-order chi connectivity index (χ0) is 14.5. The normalized spacial score (nSPS) is 23.0. The summed E-state index contributed by atoms with van der Waals surface area (Å²) in [6, 6.07) is 2.97. The van der Waals surface area contributed by atoms with Gasteiger partial charge in [-0.2, -0.15) is 0 Å². The van der Waals surface area contributed by atoms with Gasteiger partial charge in [0.25, 0.3) is 0 Å². The molecule has 1 aromatic rings. The Hall–Kier alpha value is -0.520. The Morgan fingerprint density at radius 2 is 2.20 bits per heavy atom. The van der Waals surface area contributed by atoms with Crippen LogP contribution < -0.4 is 5.32 Å². The van der Waals surface area contributed by atoms with Crippen LogP contribution in [0.1, 0.15) is 25.3 Å². The maximum absolute atomic E-state index is 14.0. The number of benzene rings is 1. The predicted molar refractivity (Wildman–Crippen MR) is 78.8 cm³/mol. The van der Waals surface area contributed by atoms with E-state index in [2.05, 4.69) is 28.2 Å². The standard InChI is InChI=1S/C15H20BrF2NO/c1-2-6-19-14-5-7-20-9-10(14)8-11-13(17)4-3-12(16)15(11)18/h3-4,10,14,19H,2,5-9H2,1H3. The second-order valence-corrected chi connectivity index (χ2v) is 6.06. The fourth-order valence-electron chi connectivity index (χ4n) is 2.61. The summed E-state index contributed by atoms with van der Waals surface area (Å²) in [6.07, 6.45) is 2.30. The van der Waals surface area contributed by atoms with E-state index in [-0.39, 0.29) is 17.5 Å². The van der Waals surface area contributed by atoms with Gasteiger partial charge < -0.3 is 10.1 Å². The molecule has 1 aliphatic rings. The fourth-order valence-corrected chi connectivity index (χ4v) is 2.99. The number of nitrogens with one attached hydrogen (secondary N) is 1. The molecule has 1 saturated heterocycles. The van der Waals surface area contributed by atoms with Crippen molar-refractivity contribution in [1.29, 1.82) is 0 Å². The molecule has 2 rings (SSSR count). The lowest BCUT2D eigenvalue weighted by Crippen LogP contribution is -2.44. The molecular formula is C15H20BrF2NO. The van der Waals surface area contributed by atoms with Crippen LogP contribution >= 0.6 is 15.9 Å². The van der Waals surface area contributed by atoms with Crippen LogP contribution in [0.2, 0.25) is 0 Å². The molecule has 0 aliphatic carbocycles. The first-order valence-electron chi connectivity index (χ1n) is 7.07. The Kier molecular flexibility index (Phi) is 5.93. The van der Waals surface area contributed by atoms with Crippen LogP contribution in [0, 0.1) is 17.6 Å². The first-order valence-corrected chi connectivity index (χ1v) is 7.86. The molecule has 5 heteroatoms. The topological polar surface area (TPSA) is 21.3 Å². The smallest absolute Gasteiger partial charge is 0.143 e. The van der Waals surface area contributed by atoms with Gasteiger partial charge in [-0.1, -0.05) is 6.92 Å². The predicted octanol–water partition coefficient (Wildman–Crippen LogP) is 3.67. The molecule has 1 aromatic carbocycles. The van der Waals surface area contributed by atoms with E-state index in [0.29, 0.717) is 24.1 Å². The molecule has 0 saturated carbocycles. The van der Waals surface area contributed by atoms with Gasteiger partial charge in [0.1, 0.15) is 11.6 Å². The van der Waals surface area contributed by atoms with Crippen molar-refractivity contribution in [2.45, 2.75) is 32.2 Å².